The molecule has 20 heavy (non-hydrogen) atoms. The first-order valence-electron chi connectivity index (χ1n) is 6.03. The Hall–Kier alpha value is -1.52. The van der Waals surface area contributed by atoms with Crippen molar-refractivity contribution in [3.05, 3.63) is 58.0 Å². The summed E-state index contributed by atoms with van der Waals surface area (Å²) in [5.41, 5.74) is 0.722. The van der Waals surface area contributed by atoms with E-state index in [1.165, 1.54) is 0 Å². The lowest BCUT2D eigenvalue weighted by Gasteiger charge is -2.15. The molecule has 3 nitrogen and oxygen atoms in total. The van der Waals surface area contributed by atoms with Crippen molar-refractivity contribution in [2.24, 2.45) is 0 Å². The quantitative estimate of drug-likeness (QED) is 0.877. The number of carbonyl (C=O) groups excluding carboxylic acids is 1. The topological polar surface area (TPSA) is 38.3 Å². The van der Waals surface area contributed by atoms with Crippen LogP contribution in [0, 0.1) is 0 Å². The van der Waals surface area contributed by atoms with Gasteiger partial charge in [-0.1, -0.05) is 33.6 Å². The number of rotatable bonds is 4. The predicted molar refractivity (Wildman–Crippen MR) is 84.3 cm³/mol. The Kier molecular flexibility index (Phi) is 5.04. The average Bonchev–Trinajstić information content (AvgIpc) is 2.41. The third-order valence-electron chi connectivity index (χ3n) is 2.59. The number of halogens is 2. The molecule has 2 aromatic rings. The molecule has 1 amide bonds. The predicted octanol–water partition coefficient (Wildman–Crippen LogP) is 4.51. The van der Waals surface area contributed by atoms with Gasteiger partial charge in [-0.05, 0) is 49.4 Å². The van der Waals surface area contributed by atoms with Crippen molar-refractivity contribution in [2.75, 3.05) is 5.32 Å². The first-order valence-corrected chi connectivity index (χ1v) is 7.20. The normalized spacial score (nSPS) is 11.8. The van der Waals surface area contributed by atoms with Gasteiger partial charge >= 0.3 is 0 Å². The second kappa shape index (κ2) is 6.77. The van der Waals surface area contributed by atoms with Crippen LogP contribution in [0.5, 0.6) is 5.75 Å². The van der Waals surface area contributed by atoms with Crippen LogP contribution in [0.25, 0.3) is 0 Å². The van der Waals surface area contributed by atoms with Crippen LogP contribution < -0.4 is 10.1 Å². The summed E-state index contributed by atoms with van der Waals surface area (Å²) in [6, 6.07) is 14.3. The van der Waals surface area contributed by atoms with Gasteiger partial charge in [0.2, 0.25) is 0 Å². The van der Waals surface area contributed by atoms with E-state index >= 15 is 0 Å². The number of amides is 1. The van der Waals surface area contributed by atoms with Crippen molar-refractivity contribution in [3.63, 3.8) is 0 Å². The Morgan fingerprint density at radius 1 is 1.25 bits per heavy atom. The maximum atomic E-state index is 12.0. The van der Waals surface area contributed by atoms with Crippen molar-refractivity contribution in [3.8, 4) is 5.75 Å². The van der Waals surface area contributed by atoms with E-state index in [4.69, 9.17) is 16.3 Å². The van der Waals surface area contributed by atoms with Crippen LogP contribution in [-0.2, 0) is 4.79 Å². The number of ether oxygens (including phenoxy) is 1. The molecule has 0 aromatic heterocycles. The van der Waals surface area contributed by atoms with E-state index in [1.807, 2.05) is 24.3 Å². The summed E-state index contributed by atoms with van der Waals surface area (Å²) in [5, 5.41) is 3.36. The highest BCUT2D eigenvalue weighted by atomic mass is 79.9. The molecule has 0 saturated carbocycles. The van der Waals surface area contributed by atoms with Crippen LogP contribution >= 0.6 is 27.5 Å². The number of nitrogens with one attached hydrogen (secondary N) is 1. The van der Waals surface area contributed by atoms with Crippen molar-refractivity contribution < 1.29 is 9.53 Å². The molecule has 1 N–H and O–H groups in total. The van der Waals surface area contributed by atoms with Crippen LogP contribution in [0.2, 0.25) is 5.02 Å². The fourth-order valence-corrected chi connectivity index (χ4v) is 2.02. The Morgan fingerprint density at radius 3 is 2.60 bits per heavy atom. The first-order chi connectivity index (χ1) is 9.54. The number of carbonyl (C=O) groups is 1. The zero-order valence-corrected chi connectivity index (χ0v) is 13.1. The van der Waals surface area contributed by atoms with Gasteiger partial charge < -0.3 is 10.1 Å². The second-order valence-electron chi connectivity index (χ2n) is 4.21. The Morgan fingerprint density at radius 2 is 1.95 bits per heavy atom. The molecular formula is C15H13BrClNO2. The lowest BCUT2D eigenvalue weighted by atomic mass is 10.3. The Bertz CT molecular complexity index is 601. The smallest absolute Gasteiger partial charge is 0.265 e. The lowest BCUT2D eigenvalue weighted by Crippen LogP contribution is -2.30. The van der Waals surface area contributed by atoms with E-state index in [9.17, 15) is 4.79 Å². The first kappa shape index (κ1) is 14.9. The van der Waals surface area contributed by atoms with Gasteiger partial charge in [-0.15, -0.1) is 0 Å². The van der Waals surface area contributed by atoms with Gasteiger partial charge in [0.1, 0.15) is 5.75 Å². The largest absolute Gasteiger partial charge is 0.481 e. The van der Waals surface area contributed by atoms with Gasteiger partial charge in [-0.25, -0.2) is 0 Å². The molecule has 0 unspecified atom stereocenters. The van der Waals surface area contributed by atoms with Gasteiger partial charge in [0.15, 0.2) is 6.10 Å². The maximum absolute atomic E-state index is 12.0. The summed E-state index contributed by atoms with van der Waals surface area (Å²) in [6.45, 7) is 1.69. The molecule has 0 aliphatic heterocycles. The molecule has 0 spiro atoms. The summed E-state index contributed by atoms with van der Waals surface area (Å²) >= 11 is 9.21. The molecule has 0 fully saturated rings. The van der Waals surface area contributed by atoms with Crippen molar-refractivity contribution in [2.45, 2.75) is 13.0 Å². The third kappa shape index (κ3) is 4.25. The van der Waals surface area contributed by atoms with Crippen molar-refractivity contribution >= 4 is 39.1 Å². The summed E-state index contributed by atoms with van der Waals surface area (Å²) in [4.78, 5) is 12.0. The van der Waals surface area contributed by atoms with E-state index in [1.54, 1.807) is 31.2 Å². The minimum absolute atomic E-state index is 0.215. The Balaban J connectivity index is 1.96. The zero-order chi connectivity index (χ0) is 14.5. The van der Waals surface area contributed by atoms with Crippen LogP contribution in [-0.4, -0.2) is 12.0 Å². The van der Waals surface area contributed by atoms with E-state index in [2.05, 4.69) is 21.2 Å². The molecule has 0 bridgehead atoms. The second-order valence-corrected chi connectivity index (χ2v) is 5.57. The number of anilines is 1. The molecule has 0 saturated heterocycles. The molecule has 0 heterocycles. The fourth-order valence-electron chi connectivity index (χ4n) is 1.58. The molecule has 104 valence electrons. The Labute approximate surface area is 131 Å². The molecule has 0 aliphatic carbocycles. The summed E-state index contributed by atoms with van der Waals surface area (Å²) < 4.78 is 6.50. The number of hydrogen-bond donors (Lipinski definition) is 1. The highest BCUT2D eigenvalue weighted by Crippen LogP contribution is 2.19. The van der Waals surface area contributed by atoms with Gasteiger partial charge in [0.25, 0.3) is 5.91 Å². The van der Waals surface area contributed by atoms with Gasteiger partial charge in [0, 0.05) is 15.2 Å². The molecule has 0 radical (unpaired) electrons. The standard InChI is InChI=1S/C15H13BrClNO2/c1-10(20-14-4-2-3-12(17)9-14)15(19)18-13-7-5-11(16)6-8-13/h2-10H,1H3,(H,18,19)/t10-/m1/s1. The van der Waals surface area contributed by atoms with E-state index in [0.29, 0.717) is 10.8 Å². The summed E-state index contributed by atoms with van der Waals surface area (Å²) in [5.74, 6) is 0.350. The number of hydrogen-bond acceptors (Lipinski definition) is 2. The van der Waals surface area contributed by atoms with Crippen molar-refractivity contribution in [1.29, 1.82) is 0 Å². The fraction of sp³-hybridized carbons (Fsp3) is 0.133. The summed E-state index contributed by atoms with van der Waals surface area (Å²) in [6.07, 6.45) is -0.614. The molecule has 0 aliphatic rings. The van der Waals surface area contributed by atoms with Gasteiger partial charge in [-0.2, -0.15) is 0 Å². The van der Waals surface area contributed by atoms with E-state index in [-0.39, 0.29) is 5.91 Å². The molecule has 2 aromatic carbocycles. The molecule has 5 heteroatoms. The highest BCUT2D eigenvalue weighted by Gasteiger charge is 2.14. The average molecular weight is 355 g/mol. The minimum Gasteiger partial charge on any atom is -0.481 e. The van der Waals surface area contributed by atoms with Crippen LogP contribution in [0.15, 0.2) is 53.0 Å². The van der Waals surface area contributed by atoms with Crippen LogP contribution in [0.1, 0.15) is 6.92 Å². The molecular weight excluding hydrogens is 342 g/mol. The third-order valence-corrected chi connectivity index (χ3v) is 3.35. The molecule has 1 atom stereocenters. The maximum Gasteiger partial charge on any atom is 0.265 e. The summed E-state index contributed by atoms with van der Waals surface area (Å²) in [7, 11) is 0. The number of benzene rings is 2. The van der Waals surface area contributed by atoms with E-state index < -0.39 is 6.10 Å². The minimum atomic E-state index is -0.614. The van der Waals surface area contributed by atoms with Crippen molar-refractivity contribution in [1.82, 2.24) is 0 Å². The molecule has 2 rings (SSSR count). The monoisotopic (exact) mass is 353 g/mol. The highest BCUT2D eigenvalue weighted by molar-refractivity contribution is 9.10. The van der Waals surface area contributed by atoms with Crippen LogP contribution in [0.4, 0.5) is 5.69 Å². The van der Waals surface area contributed by atoms with Crippen LogP contribution in [0.3, 0.4) is 0 Å². The lowest BCUT2D eigenvalue weighted by molar-refractivity contribution is -0.122. The SMILES string of the molecule is C[C@@H](Oc1cccc(Cl)c1)C(=O)Nc1ccc(Br)cc1. The van der Waals surface area contributed by atoms with E-state index in [0.717, 1.165) is 10.2 Å². The zero-order valence-electron chi connectivity index (χ0n) is 10.8. The van der Waals surface area contributed by atoms with Gasteiger partial charge in [-0.3, -0.25) is 4.79 Å². The van der Waals surface area contributed by atoms with Gasteiger partial charge in [0.05, 0.1) is 0 Å².